The smallest absolute Gasteiger partial charge is 0.246 e. The molecule has 0 aromatic carbocycles. The predicted molar refractivity (Wildman–Crippen MR) is 72.0 cm³/mol. The SMILES string of the molecule is CCN(CCCO)C(=O)/C=C/c1sccc1C. The van der Waals surface area contributed by atoms with Crippen molar-refractivity contribution in [3.63, 3.8) is 0 Å². The van der Waals surface area contributed by atoms with E-state index in [2.05, 4.69) is 0 Å². The molecule has 0 saturated carbocycles. The Kier molecular flexibility index (Phi) is 5.94. The van der Waals surface area contributed by atoms with Gasteiger partial charge >= 0.3 is 0 Å². The predicted octanol–water partition coefficient (Wildman–Crippen LogP) is 2.30. The highest BCUT2D eigenvalue weighted by Gasteiger charge is 2.07. The second kappa shape index (κ2) is 7.25. The minimum atomic E-state index is 0.00810. The summed E-state index contributed by atoms with van der Waals surface area (Å²) < 4.78 is 0. The van der Waals surface area contributed by atoms with Crippen LogP contribution in [0.25, 0.3) is 6.08 Å². The standard InChI is InChI=1S/C13H19NO2S/c1-3-14(8-4-9-15)13(16)6-5-12-11(2)7-10-17-12/h5-7,10,15H,3-4,8-9H2,1-2H3/b6-5+. The van der Waals surface area contributed by atoms with Crippen LogP contribution in [0.3, 0.4) is 0 Å². The summed E-state index contributed by atoms with van der Waals surface area (Å²) in [6.07, 6.45) is 4.11. The highest BCUT2D eigenvalue weighted by Crippen LogP contribution is 2.17. The van der Waals surface area contributed by atoms with Gasteiger partial charge in [0.25, 0.3) is 0 Å². The summed E-state index contributed by atoms with van der Waals surface area (Å²) in [5.41, 5.74) is 1.19. The first kappa shape index (κ1) is 13.9. The number of likely N-dealkylation sites (N-methyl/N-ethyl adjacent to an activating group) is 1. The fourth-order valence-electron chi connectivity index (χ4n) is 1.49. The third kappa shape index (κ3) is 4.32. The van der Waals surface area contributed by atoms with Gasteiger partial charge in [-0.1, -0.05) is 0 Å². The lowest BCUT2D eigenvalue weighted by molar-refractivity contribution is -0.125. The number of hydrogen-bond donors (Lipinski definition) is 1. The molecular weight excluding hydrogens is 234 g/mol. The normalized spacial score (nSPS) is 11.0. The van der Waals surface area contributed by atoms with Gasteiger partial charge in [-0.05, 0) is 43.4 Å². The van der Waals surface area contributed by atoms with E-state index in [1.807, 2.05) is 31.4 Å². The molecule has 94 valence electrons. The number of aryl methyl sites for hydroxylation is 1. The van der Waals surface area contributed by atoms with Crippen LogP contribution in [0.2, 0.25) is 0 Å². The van der Waals surface area contributed by atoms with Gasteiger partial charge < -0.3 is 10.0 Å². The van der Waals surface area contributed by atoms with Crippen molar-refractivity contribution in [2.45, 2.75) is 20.3 Å². The molecule has 1 N–H and O–H groups in total. The molecule has 0 aliphatic carbocycles. The van der Waals surface area contributed by atoms with Crippen molar-refractivity contribution in [2.24, 2.45) is 0 Å². The molecule has 1 amide bonds. The van der Waals surface area contributed by atoms with E-state index in [1.54, 1.807) is 22.3 Å². The fraction of sp³-hybridized carbons (Fsp3) is 0.462. The number of carbonyl (C=O) groups is 1. The van der Waals surface area contributed by atoms with Crippen molar-refractivity contribution in [1.82, 2.24) is 4.90 Å². The van der Waals surface area contributed by atoms with Gasteiger partial charge in [-0.3, -0.25) is 4.79 Å². The Labute approximate surface area is 106 Å². The van der Waals surface area contributed by atoms with Gasteiger partial charge in [0.2, 0.25) is 5.91 Å². The Morgan fingerprint density at radius 1 is 1.59 bits per heavy atom. The minimum absolute atomic E-state index is 0.00810. The van der Waals surface area contributed by atoms with Crippen molar-refractivity contribution >= 4 is 23.3 Å². The molecule has 17 heavy (non-hydrogen) atoms. The van der Waals surface area contributed by atoms with E-state index in [4.69, 9.17) is 5.11 Å². The van der Waals surface area contributed by atoms with Gasteiger partial charge in [0.1, 0.15) is 0 Å². The first-order valence-corrected chi connectivity index (χ1v) is 6.69. The number of amides is 1. The summed E-state index contributed by atoms with van der Waals surface area (Å²) in [5, 5.41) is 10.8. The van der Waals surface area contributed by atoms with E-state index in [0.717, 1.165) is 4.88 Å². The summed E-state index contributed by atoms with van der Waals surface area (Å²) >= 11 is 1.63. The molecule has 0 radical (unpaired) electrons. The molecule has 0 spiro atoms. The Bertz CT molecular complexity index is 385. The highest BCUT2D eigenvalue weighted by molar-refractivity contribution is 7.11. The van der Waals surface area contributed by atoms with Crippen LogP contribution < -0.4 is 0 Å². The molecule has 0 fully saturated rings. The van der Waals surface area contributed by atoms with E-state index >= 15 is 0 Å². The van der Waals surface area contributed by atoms with E-state index in [0.29, 0.717) is 19.5 Å². The second-order valence-corrected chi connectivity index (χ2v) is 4.74. The van der Waals surface area contributed by atoms with Crippen LogP contribution in [0.4, 0.5) is 0 Å². The first-order valence-electron chi connectivity index (χ1n) is 5.81. The van der Waals surface area contributed by atoms with Crippen LogP contribution in [0, 0.1) is 6.92 Å². The number of thiophene rings is 1. The van der Waals surface area contributed by atoms with E-state index < -0.39 is 0 Å². The quantitative estimate of drug-likeness (QED) is 0.790. The lowest BCUT2D eigenvalue weighted by Gasteiger charge is -2.18. The summed E-state index contributed by atoms with van der Waals surface area (Å²) in [6, 6.07) is 2.04. The topological polar surface area (TPSA) is 40.5 Å². The summed E-state index contributed by atoms with van der Waals surface area (Å²) in [5.74, 6) is 0.00810. The molecule has 0 atom stereocenters. The van der Waals surface area contributed by atoms with Crippen LogP contribution in [0.5, 0.6) is 0 Å². The number of aliphatic hydroxyl groups is 1. The lowest BCUT2D eigenvalue weighted by Crippen LogP contribution is -2.30. The molecular formula is C13H19NO2S. The zero-order valence-corrected chi connectivity index (χ0v) is 11.2. The zero-order valence-electron chi connectivity index (χ0n) is 10.3. The Balaban J connectivity index is 2.58. The molecule has 0 aliphatic heterocycles. The van der Waals surface area contributed by atoms with Crippen molar-refractivity contribution in [2.75, 3.05) is 19.7 Å². The van der Waals surface area contributed by atoms with Crippen LogP contribution in [0.1, 0.15) is 23.8 Å². The number of hydrogen-bond acceptors (Lipinski definition) is 3. The fourth-order valence-corrected chi connectivity index (χ4v) is 2.31. The highest BCUT2D eigenvalue weighted by atomic mass is 32.1. The molecule has 1 aromatic rings. The monoisotopic (exact) mass is 253 g/mol. The number of carbonyl (C=O) groups excluding carboxylic acids is 1. The Morgan fingerprint density at radius 3 is 2.88 bits per heavy atom. The third-order valence-corrected chi connectivity index (χ3v) is 3.54. The average molecular weight is 253 g/mol. The van der Waals surface area contributed by atoms with Gasteiger partial charge in [-0.2, -0.15) is 0 Å². The molecule has 0 unspecified atom stereocenters. The number of aliphatic hydroxyl groups excluding tert-OH is 1. The molecule has 1 heterocycles. The van der Waals surface area contributed by atoms with Crippen LogP contribution in [0.15, 0.2) is 17.5 Å². The maximum atomic E-state index is 11.8. The van der Waals surface area contributed by atoms with E-state index in [9.17, 15) is 4.79 Å². The summed E-state index contributed by atoms with van der Waals surface area (Å²) in [6.45, 7) is 5.38. The largest absolute Gasteiger partial charge is 0.396 e. The van der Waals surface area contributed by atoms with Crippen molar-refractivity contribution in [1.29, 1.82) is 0 Å². The summed E-state index contributed by atoms with van der Waals surface area (Å²) in [7, 11) is 0. The molecule has 4 heteroatoms. The van der Waals surface area contributed by atoms with Gasteiger partial charge in [0, 0.05) is 30.6 Å². The van der Waals surface area contributed by atoms with Crippen LogP contribution in [-0.2, 0) is 4.79 Å². The van der Waals surface area contributed by atoms with Crippen molar-refractivity contribution in [3.05, 3.63) is 28.0 Å². The van der Waals surface area contributed by atoms with E-state index in [1.165, 1.54) is 5.56 Å². The van der Waals surface area contributed by atoms with Crippen molar-refractivity contribution in [3.8, 4) is 0 Å². The number of rotatable bonds is 6. The maximum absolute atomic E-state index is 11.8. The van der Waals surface area contributed by atoms with Crippen molar-refractivity contribution < 1.29 is 9.90 Å². The summed E-state index contributed by atoms with van der Waals surface area (Å²) in [4.78, 5) is 14.7. The van der Waals surface area contributed by atoms with Gasteiger partial charge in [0.05, 0.1) is 0 Å². The lowest BCUT2D eigenvalue weighted by atomic mass is 10.2. The minimum Gasteiger partial charge on any atom is -0.396 e. The molecule has 1 rings (SSSR count). The molecule has 0 aliphatic rings. The second-order valence-electron chi connectivity index (χ2n) is 3.80. The van der Waals surface area contributed by atoms with Gasteiger partial charge in [-0.25, -0.2) is 0 Å². The van der Waals surface area contributed by atoms with Crippen LogP contribution >= 0.6 is 11.3 Å². The molecule has 0 saturated heterocycles. The van der Waals surface area contributed by atoms with Gasteiger partial charge in [0.15, 0.2) is 0 Å². The Morgan fingerprint density at radius 2 is 2.35 bits per heavy atom. The van der Waals surface area contributed by atoms with E-state index in [-0.39, 0.29) is 12.5 Å². The third-order valence-electron chi connectivity index (χ3n) is 2.56. The number of nitrogens with zero attached hydrogens (tertiary/aromatic N) is 1. The first-order chi connectivity index (χ1) is 8.19. The average Bonchev–Trinajstić information content (AvgIpc) is 2.73. The molecule has 1 aromatic heterocycles. The van der Waals surface area contributed by atoms with Gasteiger partial charge in [-0.15, -0.1) is 11.3 Å². The maximum Gasteiger partial charge on any atom is 0.246 e. The molecule has 0 bridgehead atoms. The molecule has 3 nitrogen and oxygen atoms in total. The zero-order chi connectivity index (χ0) is 12.7. The Hall–Kier alpha value is -1.13. The van der Waals surface area contributed by atoms with Crippen LogP contribution in [-0.4, -0.2) is 35.6 Å².